The summed E-state index contributed by atoms with van der Waals surface area (Å²) < 4.78 is 11.0. The smallest absolute Gasteiger partial charge is 0.159 e. The van der Waals surface area contributed by atoms with E-state index < -0.39 is 0 Å². The molecule has 37 heavy (non-hydrogen) atoms. The zero-order valence-corrected chi connectivity index (χ0v) is 22.2. The van der Waals surface area contributed by atoms with Crippen molar-refractivity contribution in [3.63, 3.8) is 0 Å². The highest BCUT2D eigenvalue weighted by atomic mass is 16.7. The quantitative estimate of drug-likeness (QED) is 0.404. The number of ether oxygens (including phenoxy) is 2. The van der Waals surface area contributed by atoms with Crippen LogP contribution in [-0.4, -0.2) is 38.7 Å². The van der Waals surface area contributed by atoms with Crippen LogP contribution in [0.1, 0.15) is 65.8 Å². The molecule has 1 heterocycles. The molecule has 2 atom stereocenters. The molecule has 0 unspecified atom stereocenters. The Morgan fingerprint density at radius 2 is 1.62 bits per heavy atom. The second-order valence-electron chi connectivity index (χ2n) is 11.2. The third-order valence-corrected chi connectivity index (χ3v) is 9.43. The zero-order chi connectivity index (χ0) is 25.4. The van der Waals surface area contributed by atoms with Crippen molar-refractivity contribution in [2.45, 2.75) is 62.6 Å². The number of aryl methyl sites for hydroxylation is 2. The Hall–Kier alpha value is -2.82. The summed E-state index contributed by atoms with van der Waals surface area (Å²) in [5, 5.41) is 10.2. The fourth-order valence-corrected chi connectivity index (χ4v) is 7.69. The van der Waals surface area contributed by atoms with Crippen LogP contribution in [0.3, 0.4) is 0 Å². The molecule has 4 nitrogen and oxygen atoms in total. The number of nitrogens with zero attached hydrogens (tertiary/aromatic N) is 1. The van der Waals surface area contributed by atoms with Crippen molar-refractivity contribution in [3.8, 4) is 5.75 Å². The van der Waals surface area contributed by atoms with E-state index in [4.69, 9.17) is 9.47 Å². The van der Waals surface area contributed by atoms with Gasteiger partial charge in [-0.25, -0.2) is 0 Å². The van der Waals surface area contributed by atoms with Crippen LogP contribution in [0.4, 0.5) is 5.69 Å². The van der Waals surface area contributed by atoms with Crippen LogP contribution < -0.4 is 4.90 Å². The van der Waals surface area contributed by atoms with E-state index in [9.17, 15) is 5.11 Å². The van der Waals surface area contributed by atoms with E-state index in [1.807, 2.05) is 12.1 Å². The number of piperidine rings is 1. The van der Waals surface area contributed by atoms with Gasteiger partial charge in [0.25, 0.3) is 0 Å². The summed E-state index contributed by atoms with van der Waals surface area (Å²) in [6.07, 6.45) is 7.81. The van der Waals surface area contributed by atoms with Crippen molar-refractivity contribution in [2.75, 3.05) is 32.2 Å². The molecule has 0 aromatic heterocycles. The van der Waals surface area contributed by atoms with E-state index in [0.29, 0.717) is 17.6 Å². The molecule has 0 bridgehead atoms. The summed E-state index contributed by atoms with van der Waals surface area (Å²) in [5.41, 5.74) is 8.55. The Kier molecular flexibility index (Phi) is 6.73. The molecule has 1 fully saturated rings. The zero-order valence-electron chi connectivity index (χ0n) is 22.2. The maximum Gasteiger partial charge on any atom is 0.159 e. The average Bonchev–Trinajstić information content (AvgIpc) is 2.95. The second-order valence-corrected chi connectivity index (χ2v) is 11.2. The number of rotatable bonds is 5. The minimum absolute atomic E-state index is 0.105. The molecule has 0 amide bonds. The molecule has 1 N–H and O–H groups in total. The van der Waals surface area contributed by atoms with Crippen LogP contribution in [0.5, 0.6) is 5.75 Å². The van der Waals surface area contributed by atoms with E-state index >= 15 is 0 Å². The monoisotopic (exact) mass is 497 g/mol. The molecule has 3 aromatic carbocycles. The molecule has 0 radical (unpaired) electrons. The summed E-state index contributed by atoms with van der Waals surface area (Å²) in [7, 11) is 3.48. The number of phenolic OH excluding ortho intramolecular Hbond substituents is 1. The summed E-state index contributed by atoms with van der Waals surface area (Å²) in [6.45, 7) is 2.05. The Labute approximate surface area is 221 Å². The number of aromatic hydroxyl groups is 1. The number of hydrogen-bond donors (Lipinski definition) is 1. The molecule has 1 spiro atoms. The molecule has 6 rings (SSSR count). The first-order chi connectivity index (χ1) is 18.1. The summed E-state index contributed by atoms with van der Waals surface area (Å²) in [4.78, 5) is 2.50. The Balaban J connectivity index is 1.33. The summed E-state index contributed by atoms with van der Waals surface area (Å²) in [5.74, 6) is 1.12. The second kappa shape index (κ2) is 10.2. The van der Waals surface area contributed by atoms with Crippen LogP contribution in [0.15, 0.2) is 66.7 Å². The maximum atomic E-state index is 10.2. The predicted molar refractivity (Wildman–Crippen MR) is 149 cm³/mol. The van der Waals surface area contributed by atoms with Crippen molar-refractivity contribution in [1.29, 1.82) is 0 Å². The molecule has 194 valence electrons. The van der Waals surface area contributed by atoms with Gasteiger partial charge in [0.1, 0.15) is 5.75 Å². The van der Waals surface area contributed by atoms with Crippen LogP contribution in [-0.2, 0) is 27.7 Å². The van der Waals surface area contributed by atoms with E-state index in [-0.39, 0.29) is 11.7 Å². The molecule has 4 heteroatoms. The molecule has 1 aliphatic heterocycles. The molecule has 3 aromatic rings. The number of phenols is 1. The number of anilines is 1. The summed E-state index contributed by atoms with van der Waals surface area (Å²) >= 11 is 0. The molecular weight excluding hydrogens is 458 g/mol. The number of methoxy groups -OCH3 is 2. The Bertz CT molecular complexity index is 1230. The highest BCUT2D eigenvalue weighted by Crippen LogP contribution is 2.56. The van der Waals surface area contributed by atoms with Gasteiger partial charge in [0.2, 0.25) is 0 Å². The lowest BCUT2D eigenvalue weighted by Crippen LogP contribution is -2.41. The van der Waals surface area contributed by atoms with Crippen LogP contribution in [0.25, 0.3) is 0 Å². The molecule has 2 aliphatic carbocycles. The first kappa shape index (κ1) is 24.5. The van der Waals surface area contributed by atoms with Gasteiger partial charge in [-0.3, -0.25) is 0 Å². The number of hydrogen-bond acceptors (Lipinski definition) is 4. The van der Waals surface area contributed by atoms with Crippen LogP contribution >= 0.6 is 0 Å². The molecular formula is C33H39NO3. The molecule has 1 saturated heterocycles. The van der Waals surface area contributed by atoms with Gasteiger partial charge < -0.3 is 19.5 Å². The van der Waals surface area contributed by atoms with Crippen molar-refractivity contribution < 1.29 is 14.6 Å². The van der Waals surface area contributed by atoms with E-state index in [2.05, 4.69) is 59.5 Å². The largest absolute Gasteiger partial charge is 0.508 e. The van der Waals surface area contributed by atoms with Gasteiger partial charge in [0.15, 0.2) is 6.29 Å². The normalized spacial score (nSPS) is 23.8. The van der Waals surface area contributed by atoms with Gasteiger partial charge in [-0.15, -0.1) is 0 Å². The highest BCUT2D eigenvalue weighted by molar-refractivity contribution is 5.55. The van der Waals surface area contributed by atoms with Gasteiger partial charge in [-0.1, -0.05) is 42.5 Å². The highest BCUT2D eigenvalue weighted by Gasteiger charge is 2.47. The van der Waals surface area contributed by atoms with Crippen molar-refractivity contribution in [1.82, 2.24) is 0 Å². The van der Waals surface area contributed by atoms with Gasteiger partial charge in [-0.2, -0.15) is 0 Å². The fraction of sp³-hybridized carbons (Fsp3) is 0.455. The lowest BCUT2D eigenvalue weighted by Gasteiger charge is -2.49. The Morgan fingerprint density at radius 1 is 0.865 bits per heavy atom. The lowest BCUT2D eigenvalue weighted by atomic mass is 9.54. The fourth-order valence-electron chi connectivity index (χ4n) is 7.69. The standard InChI is InChI=1S/C33H39NO3/c1-36-32(37-2)25-16-20-34(21-17-25)27-11-9-24(10-12-27)31-29-14-13-28(35)22-26(29)15-19-33(31)18-5-7-23-6-3-4-8-30(23)33/h3-4,6,8-14,22,25,31-32,35H,5,7,15-21H2,1-2H3/t31-,33+/m1/s1. The minimum Gasteiger partial charge on any atom is -0.508 e. The topological polar surface area (TPSA) is 41.9 Å². The minimum atomic E-state index is -0.107. The number of fused-ring (bicyclic) bond motifs is 3. The third kappa shape index (κ3) is 4.34. The molecule has 0 saturated carbocycles. The molecule has 3 aliphatic rings. The van der Waals surface area contributed by atoms with E-state index in [1.54, 1.807) is 19.8 Å². The van der Waals surface area contributed by atoms with Crippen LogP contribution in [0, 0.1) is 5.92 Å². The first-order valence-electron chi connectivity index (χ1n) is 13.9. The number of benzene rings is 3. The lowest BCUT2D eigenvalue weighted by molar-refractivity contribution is -0.141. The van der Waals surface area contributed by atoms with Crippen molar-refractivity contribution in [2.24, 2.45) is 5.92 Å². The van der Waals surface area contributed by atoms with Crippen LogP contribution in [0.2, 0.25) is 0 Å². The van der Waals surface area contributed by atoms with Gasteiger partial charge in [-0.05, 0) is 97.0 Å². The van der Waals surface area contributed by atoms with Crippen molar-refractivity contribution in [3.05, 3.63) is 94.5 Å². The van der Waals surface area contributed by atoms with Gasteiger partial charge >= 0.3 is 0 Å². The van der Waals surface area contributed by atoms with Crippen molar-refractivity contribution >= 4 is 5.69 Å². The maximum absolute atomic E-state index is 10.2. The van der Waals surface area contributed by atoms with E-state index in [0.717, 1.165) is 38.8 Å². The average molecular weight is 498 g/mol. The predicted octanol–water partition coefficient (Wildman–Crippen LogP) is 6.58. The third-order valence-electron chi connectivity index (χ3n) is 9.43. The van der Waals surface area contributed by atoms with E-state index in [1.165, 1.54) is 47.2 Å². The van der Waals surface area contributed by atoms with Gasteiger partial charge in [0, 0.05) is 50.2 Å². The first-order valence-corrected chi connectivity index (χ1v) is 13.9. The van der Waals surface area contributed by atoms with Gasteiger partial charge in [0.05, 0.1) is 0 Å². The Morgan fingerprint density at radius 3 is 2.38 bits per heavy atom. The SMILES string of the molecule is COC(OC)C1CCN(c2ccc([C@@H]3c4ccc(O)cc4CC[C@]34CCCc3ccccc34)cc2)CC1. The summed E-state index contributed by atoms with van der Waals surface area (Å²) in [6, 6.07) is 24.6.